The van der Waals surface area contributed by atoms with Gasteiger partial charge in [0.2, 0.25) is 11.8 Å². The van der Waals surface area contributed by atoms with E-state index in [1.54, 1.807) is 11.4 Å². The number of carbonyl (C=O) groups is 2. The average molecular weight is 336 g/mol. The van der Waals surface area contributed by atoms with Gasteiger partial charge in [-0.3, -0.25) is 9.59 Å². The molecule has 0 atom stereocenters. The smallest absolute Gasteiger partial charge is 0.345 e. The van der Waals surface area contributed by atoms with Gasteiger partial charge in [-0.15, -0.1) is 0 Å². The standard InChI is InChI=1S/C17H15F3N2O2/c18-17(19,20)11-22-16(24)10-21-15(23)9-8-13-6-3-5-12-4-1-2-7-14(12)13/h1-9H,10-11H2,(H,21,23)(H,22,24)/b9-8+. The van der Waals surface area contributed by atoms with Gasteiger partial charge in [0.25, 0.3) is 0 Å². The van der Waals surface area contributed by atoms with E-state index < -0.39 is 31.1 Å². The van der Waals surface area contributed by atoms with Gasteiger partial charge in [0, 0.05) is 6.08 Å². The number of amides is 2. The van der Waals surface area contributed by atoms with Crippen molar-refractivity contribution >= 4 is 28.7 Å². The van der Waals surface area contributed by atoms with E-state index in [0.29, 0.717) is 0 Å². The molecule has 126 valence electrons. The molecule has 0 saturated heterocycles. The van der Waals surface area contributed by atoms with Crippen LogP contribution in [-0.4, -0.2) is 31.1 Å². The number of alkyl halides is 3. The van der Waals surface area contributed by atoms with Gasteiger partial charge in [-0.2, -0.15) is 13.2 Å². The fourth-order valence-electron chi connectivity index (χ4n) is 2.05. The van der Waals surface area contributed by atoms with Gasteiger partial charge >= 0.3 is 6.18 Å². The molecular weight excluding hydrogens is 321 g/mol. The average Bonchev–Trinajstić information content (AvgIpc) is 2.55. The molecule has 0 unspecified atom stereocenters. The number of hydrogen-bond donors (Lipinski definition) is 2. The highest BCUT2D eigenvalue weighted by atomic mass is 19.4. The van der Waals surface area contributed by atoms with E-state index in [2.05, 4.69) is 5.32 Å². The highest BCUT2D eigenvalue weighted by Gasteiger charge is 2.27. The van der Waals surface area contributed by atoms with Crippen LogP contribution in [0.25, 0.3) is 16.8 Å². The highest BCUT2D eigenvalue weighted by Crippen LogP contribution is 2.19. The predicted molar refractivity (Wildman–Crippen MR) is 85.1 cm³/mol. The van der Waals surface area contributed by atoms with Crippen LogP contribution >= 0.6 is 0 Å². The van der Waals surface area contributed by atoms with Gasteiger partial charge in [-0.05, 0) is 22.4 Å². The molecule has 0 bridgehead atoms. The molecule has 2 amide bonds. The molecule has 0 aliphatic rings. The van der Waals surface area contributed by atoms with E-state index in [-0.39, 0.29) is 0 Å². The summed E-state index contributed by atoms with van der Waals surface area (Å²) in [7, 11) is 0. The first-order valence-electron chi connectivity index (χ1n) is 7.12. The second-order valence-electron chi connectivity index (χ2n) is 5.01. The van der Waals surface area contributed by atoms with Gasteiger partial charge in [0.05, 0.1) is 6.54 Å². The summed E-state index contributed by atoms with van der Waals surface area (Å²) in [6, 6.07) is 13.3. The molecule has 0 spiro atoms. The highest BCUT2D eigenvalue weighted by molar-refractivity contribution is 5.97. The number of rotatable bonds is 5. The first-order chi connectivity index (χ1) is 11.3. The summed E-state index contributed by atoms with van der Waals surface area (Å²) in [5, 5.41) is 5.89. The number of hydrogen-bond acceptors (Lipinski definition) is 2. The minimum atomic E-state index is -4.48. The SMILES string of the molecule is O=C(/C=C/c1cccc2ccccc12)NCC(=O)NCC(F)(F)F. The van der Waals surface area contributed by atoms with Crippen molar-refractivity contribution in [3.8, 4) is 0 Å². The van der Waals surface area contributed by atoms with Gasteiger partial charge in [-0.25, -0.2) is 0 Å². The fourth-order valence-corrected chi connectivity index (χ4v) is 2.05. The van der Waals surface area contributed by atoms with Crippen molar-refractivity contribution in [1.29, 1.82) is 0 Å². The third-order valence-corrected chi connectivity index (χ3v) is 3.15. The summed E-state index contributed by atoms with van der Waals surface area (Å²) in [5.74, 6) is -1.47. The zero-order valence-electron chi connectivity index (χ0n) is 12.6. The maximum atomic E-state index is 11.9. The molecule has 2 aromatic rings. The second kappa shape index (κ2) is 7.63. The van der Waals surface area contributed by atoms with E-state index in [1.807, 2.05) is 42.5 Å². The Morgan fingerprint density at radius 2 is 1.71 bits per heavy atom. The molecule has 0 fully saturated rings. The summed E-state index contributed by atoms with van der Waals surface area (Å²) in [6.45, 7) is -1.94. The number of carbonyl (C=O) groups excluding carboxylic acids is 2. The largest absolute Gasteiger partial charge is 0.405 e. The lowest BCUT2D eigenvalue weighted by Crippen LogP contribution is -2.40. The van der Waals surface area contributed by atoms with E-state index in [9.17, 15) is 22.8 Å². The normalized spacial score (nSPS) is 11.6. The van der Waals surface area contributed by atoms with Crippen LogP contribution in [0.5, 0.6) is 0 Å². The zero-order chi connectivity index (χ0) is 17.6. The monoisotopic (exact) mass is 336 g/mol. The van der Waals surface area contributed by atoms with Gasteiger partial charge < -0.3 is 10.6 Å². The molecule has 4 nitrogen and oxygen atoms in total. The Kier molecular flexibility index (Phi) is 5.57. The maximum absolute atomic E-state index is 11.9. The van der Waals surface area contributed by atoms with Crippen LogP contribution in [0.3, 0.4) is 0 Å². The van der Waals surface area contributed by atoms with Crippen LogP contribution in [0, 0.1) is 0 Å². The Labute approximate surface area is 136 Å². The van der Waals surface area contributed by atoms with E-state index in [4.69, 9.17) is 0 Å². The number of nitrogens with one attached hydrogen (secondary N) is 2. The van der Waals surface area contributed by atoms with Crippen LogP contribution in [-0.2, 0) is 9.59 Å². The van der Waals surface area contributed by atoms with Crippen molar-refractivity contribution in [1.82, 2.24) is 10.6 Å². The Morgan fingerprint density at radius 3 is 2.46 bits per heavy atom. The lowest BCUT2D eigenvalue weighted by molar-refractivity contribution is -0.138. The van der Waals surface area contributed by atoms with E-state index >= 15 is 0 Å². The van der Waals surface area contributed by atoms with Crippen LogP contribution < -0.4 is 10.6 Å². The second-order valence-corrected chi connectivity index (χ2v) is 5.01. The van der Waals surface area contributed by atoms with Gasteiger partial charge in [-0.1, -0.05) is 42.5 Å². The minimum Gasteiger partial charge on any atom is -0.345 e. The van der Waals surface area contributed by atoms with Gasteiger partial charge in [0.15, 0.2) is 0 Å². The molecule has 0 saturated carbocycles. The van der Waals surface area contributed by atoms with Crippen LogP contribution in [0.1, 0.15) is 5.56 Å². The summed E-state index contributed by atoms with van der Waals surface area (Å²) in [6.07, 6.45) is -1.65. The third-order valence-electron chi connectivity index (χ3n) is 3.15. The Morgan fingerprint density at radius 1 is 1.00 bits per heavy atom. The molecule has 0 aliphatic heterocycles. The van der Waals surface area contributed by atoms with E-state index in [1.165, 1.54) is 6.08 Å². The Balaban J connectivity index is 1.90. The molecule has 7 heteroatoms. The topological polar surface area (TPSA) is 58.2 Å². The predicted octanol–water partition coefficient (Wildman–Crippen LogP) is 2.65. The maximum Gasteiger partial charge on any atom is 0.405 e. The Hall–Kier alpha value is -2.83. The first kappa shape index (κ1) is 17.5. The van der Waals surface area contributed by atoms with Crippen molar-refractivity contribution in [3.63, 3.8) is 0 Å². The molecule has 0 heterocycles. The van der Waals surface area contributed by atoms with Crippen molar-refractivity contribution < 1.29 is 22.8 Å². The lowest BCUT2D eigenvalue weighted by Gasteiger charge is -2.08. The lowest BCUT2D eigenvalue weighted by atomic mass is 10.0. The van der Waals surface area contributed by atoms with Crippen molar-refractivity contribution in [2.24, 2.45) is 0 Å². The molecule has 0 radical (unpaired) electrons. The van der Waals surface area contributed by atoms with Crippen LogP contribution in [0.15, 0.2) is 48.5 Å². The molecule has 0 aliphatic carbocycles. The summed E-state index contributed by atoms with van der Waals surface area (Å²) >= 11 is 0. The van der Waals surface area contributed by atoms with Crippen LogP contribution in [0.2, 0.25) is 0 Å². The molecular formula is C17H15F3N2O2. The minimum absolute atomic E-state index is 0.519. The number of halogens is 3. The van der Waals surface area contributed by atoms with Crippen molar-refractivity contribution in [2.45, 2.75) is 6.18 Å². The quantitative estimate of drug-likeness (QED) is 0.825. The summed E-state index contributed by atoms with van der Waals surface area (Å²) in [5.41, 5.74) is 0.824. The van der Waals surface area contributed by atoms with Crippen molar-refractivity contribution in [3.05, 3.63) is 54.1 Å². The Bertz CT molecular complexity index is 765. The molecule has 2 rings (SSSR count). The molecule has 24 heavy (non-hydrogen) atoms. The van der Waals surface area contributed by atoms with Gasteiger partial charge in [0.1, 0.15) is 6.54 Å². The number of benzene rings is 2. The summed E-state index contributed by atoms with van der Waals surface area (Å²) in [4.78, 5) is 22.9. The van der Waals surface area contributed by atoms with Crippen LogP contribution in [0.4, 0.5) is 13.2 Å². The number of fused-ring (bicyclic) bond motifs is 1. The zero-order valence-corrected chi connectivity index (χ0v) is 12.6. The van der Waals surface area contributed by atoms with Crippen molar-refractivity contribution in [2.75, 3.05) is 13.1 Å². The first-order valence-corrected chi connectivity index (χ1v) is 7.12. The summed E-state index contributed by atoms with van der Waals surface area (Å²) < 4.78 is 35.8. The molecule has 2 aromatic carbocycles. The van der Waals surface area contributed by atoms with E-state index in [0.717, 1.165) is 16.3 Å². The molecule has 2 N–H and O–H groups in total. The molecule has 0 aromatic heterocycles. The third kappa shape index (κ3) is 5.42. The fraction of sp³-hybridized carbons (Fsp3) is 0.176.